The van der Waals surface area contributed by atoms with Crippen LogP contribution in [0.5, 0.6) is 5.75 Å². The number of aliphatic hydroxyl groups excluding tert-OH is 1. The summed E-state index contributed by atoms with van der Waals surface area (Å²) >= 11 is 0. The van der Waals surface area contributed by atoms with Crippen molar-refractivity contribution in [1.82, 2.24) is 0 Å². The van der Waals surface area contributed by atoms with Crippen molar-refractivity contribution in [3.05, 3.63) is 33.9 Å². The van der Waals surface area contributed by atoms with Crippen LogP contribution >= 0.6 is 0 Å². The second-order valence-corrected chi connectivity index (χ2v) is 3.76. The molecule has 0 amide bonds. The Labute approximate surface area is 100 Å². The largest absolute Gasteiger partial charge is 0.493 e. The Kier molecular flexibility index (Phi) is 5.42. The fourth-order valence-electron chi connectivity index (χ4n) is 1.48. The van der Waals surface area contributed by atoms with Crippen LogP contribution in [0.4, 0.5) is 5.69 Å². The van der Waals surface area contributed by atoms with Gasteiger partial charge in [-0.3, -0.25) is 10.1 Å². The molecule has 5 nitrogen and oxygen atoms in total. The fourth-order valence-corrected chi connectivity index (χ4v) is 1.48. The molecule has 0 aliphatic heterocycles. The van der Waals surface area contributed by atoms with Gasteiger partial charge >= 0.3 is 0 Å². The van der Waals surface area contributed by atoms with Gasteiger partial charge in [0.2, 0.25) is 0 Å². The lowest BCUT2D eigenvalue weighted by molar-refractivity contribution is -0.385. The van der Waals surface area contributed by atoms with Crippen molar-refractivity contribution in [2.75, 3.05) is 6.61 Å². The minimum atomic E-state index is -0.486. The molecule has 1 aromatic rings. The second-order valence-electron chi connectivity index (χ2n) is 3.76. The number of rotatable bonds is 7. The molecule has 0 heterocycles. The molecule has 0 saturated carbocycles. The molecule has 0 radical (unpaired) electrons. The average molecular weight is 239 g/mol. The molecule has 0 fully saturated rings. The Morgan fingerprint density at radius 1 is 1.41 bits per heavy atom. The number of nitro groups is 1. The molecule has 0 spiro atoms. The lowest BCUT2D eigenvalue weighted by Crippen LogP contribution is -2.01. The van der Waals surface area contributed by atoms with Gasteiger partial charge in [0.15, 0.2) is 0 Å². The smallest absolute Gasteiger partial charge is 0.270 e. The number of aliphatic hydroxyl groups is 1. The van der Waals surface area contributed by atoms with Crippen LogP contribution < -0.4 is 4.74 Å². The van der Waals surface area contributed by atoms with E-state index in [0.717, 1.165) is 19.3 Å². The topological polar surface area (TPSA) is 72.6 Å². The van der Waals surface area contributed by atoms with E-state index in [4.69, 9.17) is 9.84 Å². The molecule has 1 N–H and O–H groups in total. The molecule has 0 aliphatic rings. The Morgan fingerprint density at radius 2 is 2.18 bits per heavy atom. The van der Waals surface area contributed by atoms with E-state index in [9.17, 15) is 10.1 Å². The summed E-state index contributed by atoms with van der Waals surface area (Å²) in [5, 5.41) is 19.7. The van der Waals surface area contributed by atoms with E-state index in [0.29, 0.717) is 17.9 Å². The normalized spacial score (nSPS) is 10.2. The van der Waals surface area contributed by atoms with Crippen LogP contribution in [0.15, 0.2) is 18.2 Å². The van der Waals surface area contributed by atoms with Crippen LogP contribution in [0.1, 0.15) is 31.7 Å². The van der Waals surface area contributed by atoms with Crippen LogP contribution in [0.3, 0.4) is 0 Å². The molecular weight excluding hydrogens is 222 g/mol. The standard InChI is InChI=1S/C12H17NO4/c1-2-3-4-7-17-12-6-5-11(13(15)16)8-10(12)9-14/h5-6,8,14H,2-4,7,9H2,1H3. The predicted octanol–water partition coefficient (Wildman–Crippen LogP) is 2.66. The van der Waals surface area contributed by atoms with Crippen LogP contribution in [-0.2, 0) is 6.61 Å². The van der Waals surface area contributed by atoms with Gasteiger partial charge in [-0.1, -0.05) is 19.8 Å². The number of hydrogen-bond donors (Lipinski definition) is 1. The molecule has 0 aromatic heterocycles. The minimum Gasteiger partial charge on any atom is -0.493 e. The Hall–Kier alpha value is -1.62. The van der Waals surface area contributed by atoms with Gasteiger partial charge in [-0.2, -0.15) is 0 Å². The molecule has 0 bridgehead atoms. The number of hydrogen-bond acceptors (Lipinski definition) is 4. The number of unbranched alkanes of at least 4 members (excludes halogenated alkanes) is 2. The van der Waals surface area contributed by atoms with Gasteiger partial charge in [0.1, 0.15) is 5.75 Å². The zero-order valence-electron chi connectivity index (χ0n) is 9.89. The number of benzene rings is 1. The molecule has 5 heteroatoms. The zero-order valence-corrected chi connectivity index (χ0v) is 9.89. The molecule has 0 unspecified atom stereocenters. The third-order valence-corrected chi connectivity index (χ3v) is 2.43. The van der Waals surface area contributed by atoms with E-state index >= 15 is 0 Å². The van der Waals surface area contributed by atoms with E-state index in [-0.39, 0.29) is 12.3 Å². The first-order valence-electron chi connectivity index (χ1n) is 5.70. The summed E-state index contributed by atoms with van der Waals surface area (Å²) in [6, 6.07) is 4.26. The van der Waals surface area contributed by atoms with Crippen LogP contribution in [-0.4, -0.2) is 16.6 Å². The first kappa shape index (κ1) is 13.4. The Morgan fingerprint density at radius 3 is 2.76 bits per heavy atom. The lowest BCUT2D eigenvalue weighted by Gasteiger charge is -2.09. The van der Waals surface area contributed by atoms with Crippen molar-refractivity contribution in [2.24, 2.45) is 0 Å². The Bertz CT molecular complexity index is 379. The van der Waals surface area contributed by atoms with Crippen LogP contribution in [0, 0.1) is 10.1 Å². The van der Waals surface area contributed by atoms with Gasteiger partial charge in [0, 0.05) is 17.7 Å². The van der Waals surface area contributed by atoms with Gasteiger partial charge in [0.25, 0.3) is 5.69 Å². The van der Waals surface area contributed by atoms with Crippen molar-refractivity contribution >= 4 is 5.69 Å². The number of nitro benzene ring substituents is 1. The summed E-state index contributed by atoms with van der Waals surface area (Å²) in [7, 11) is 0. The quantitative estimate of drug-likeness (QED) is 0.451. The van der Waals surface area contributed by atoms with E-state index in [1.165, 1.54) is 18.2 Å². The minimum absolute atomic E-state index is 0.0324. The Balaban J connectivity index is 2.68. The molecule has 1 aromatic carbocycles. The highest BCUT2D eigenvalue weighted by Crippen LogP contribution is 2.24. The van der Waals surface area contributed by atoms with Crippen molar-refractivity contribution in [3.8, 4) is 5.75 Å². The summed E-state index contributed by atoms with van der Waals surface area (Å²) in [4.78, 5) is 10.1. The van der Waals surface area contributed by atoms with Gasteiger partial charge in [-0.25, -0.2) is 0 Å². The highest BCUT2D eigenvalue weighted by atomic mass is 16.6. The summed E-state index contributed by atoms with van der Waals surface area (Å²) in [5.41, 5.74) is 0.422. The SMILES string of the molecule is CCCCCOc1ccc([N+](=O)[O-])cc1CO. The summed E-state index contributed by atoms with van der Waals surface area (Å²) in [6.07, 6.45) is 3.14. The highest BCUT2D eigenvalue weighted by molar-refractivity contribution is 5.43. The van der Waals surface area contributed by atoms with Gasteiger partial charge in [-0.05, 0) is 12.5 Å². The maximum absolute atomic E-state index is 10.6. The van der Waals surface area contributed by atoms with Crippen LogP contribution in [0.25, 0.3) is 0 Å². The van der Waals surface area contributed by atoms with Crippen molar-refractivity contribution in [1.29, 1.82) is 0 Å². The molecule has 1 rings (SSSR count). The fraction of sp³-hybridized carbons (Fsp3) is 0.500. The third kappa shape index (κ3) is 4.03. The summed E-state index contributed by atoms with van der Waals surface area (Å²) in [6.45, 7) is 2.41. The van der Waals surface area contributed by atoms with E-state index in [1.54, 1.807) is 0 Å². The second kappa shape index (κ2) is 6.85. The van der Waals surface area contributed by atoms with Gasteiger partial charge in [-0.15, -0.1) is 0 Å². The van der Waals surface area contributed by atoms with Crippen LogP contribution in [0.2, 0.25) is 0 Å². The molecule has 0 saturated heterocycles. The van der Waals surface area contributed by atoms with Crippen molar-refractivity contribution in [3.63, 3.8) is 0 Å². The number of nitrogens with zero attached hydrogens (tertiary/aromatic N) is 1. The monoisotopic (exact) mass is 239 g/mol. The van der Waals surface area contributed by atoms with E-state index in [2.05, 4.69) is 6.92 Å². The summed E-state index contributed by atoms with van der Waals surface area (Å²) in [5.74, 6) is 0.522. The lowest BCUT2D eigenvalue weighted by atomic mass is 10.2. The maximum Gasteiger partial charge on any atom is 0.270 e. The number of non-ortho nitro benzene ring substituents is 1. The first-order chi connectivity index (χ1) is 8.19. The third-order valence-electron chi connectivity index (χ3n) is 2.43. The van der Waals surface area contributed by atoms with Crippen molar-refractivity contribution in [2.45, 2.75) is 32.8 Å². The van der Waals surface area contributed by atoms with E-state index in [1.807, 2.05) is 0 Å². The summed E-state index contributed by atoms with van der Waals surface area (Å²) < 4.78 is 5.48. The van der Waals surface area contributed by atoms with E-state index < -0.39 is 4.92 Å². The van der Waals surface area contributed by atoms with Gasteiger partial charge < -0.3 is 9.84 Å². The average Bonchev–Trinajstić information content (AvgIpc) is 2.34. The zero-order chi connectivity index (χ0) is 12.7. The number of ether oxygens (including phenoxy) is 1. The predicted molar refractivity (Wildman–Crippen MR) is 64.0 cm³/mol. The molecule has 0 atom stereocenters. The molecule has 0 aliphatic carbocycles. The molecular formula is C12H17NO4. The first-order valence-corrected chi connectivity index (χ1v) is 5.70. The van der Waals surface area contributed by atoms with Crippen molar-refractivity contribution < 1.29 is 14.8 Å². The molecule has 94 valence electrons. The molecule has 17 heavy (non-hydrogen) atoms. The van der Waals surface area contributed by atoms with Gasteiger partial charge in [0.05, 0.1) is 18.1 Å². The maximum atomic E-state index is 10.6. The highest BCUT2D eigenvalue weighted by Gasteiger charge is 2.10.